The minimum absolute atomic E-state index is 0.246. The number of halogens is 4. The first kappa shape index (κ1) is 18.9. The van der Waals surface area contributed by atoms with Crippen LogP contribution in [0, 0.1) is 0 Å². The summed E-state index contributed by atoms with van der Waals surface area (Å²) in [5, 5.41) is -0.0724. The second kappa shape index (κ2) is 8.27. The van der Waals surface area contributed by atoms with Gasteiger partial charge in [0.1, 0.15) is 0 Å². The van der Waals surface area contributed by atoms with Crippen LogP contribution in [0.4, 0.5) is 13.2 Å². The zero-order chi connectivity index (χ0) is 15.9. The zero-order valence-electron chi connectivity index (χ0n) is 11.6. The van der Waals surface area contributed by atoms with E-state index in [0.717, 1.165) is 23.5 Å². The Morgan fingerprint density at radius 3 is 2.10 bits per heavy atom. The van der Waals surface area contributed by atoms with E-state index in [1.165, 1.54) is 12.1 Å². The topological polar surface area (TPSA) is 17.1 Å². The normalized spacial score (nSPS) is 10.2. The average molecular weight is 325 g/mol. The molecule has 0 aliphatic carbocycles. The van der Waals surface area contributed by atoms with Gasteiger partial charge in [0, 0.05) is 4.70 Å². The first-order valence-electron chi connectivity index (χ1n) is 6.18. The van der Waals surface area contributed by atoms with Gasteiger partial charge in [0.15, 0.2) is 0 Å². The van der Waals surface area contributed by atoms with Crippen LogP contribution in [0.25, 0.3) is 10.1 Å². The quantitative estimate of drug-likeness (QED) is 0.558. The van der Waals surface area contributed by atoms with Crippen LogP contribution in [-0.4, -0.2) is 5.24 Å². The van der Waals surface area contributed by atoms with Crippen molar-refractivity contribution in [2.24, 2.45) is 0 Å². The van der Waals surface area contributed by atoms with E-state index in [1.54, 1.807) is 0 Å². The van der Waals surface area contributed by atoms with E-state index in [-0.39, 0.29) is 4.88 Å². The molecule has 0 atom stereocenters. The maximum atomic E-state index is 12.4. The van der Waals surface area contributed by atoms with Crippen molar-refractivity contribution in [3.63, 3.8) is 0 Å². The third-order valence-corrected chi connectivity index (χ3v) is 3.45. The molecule has 0 aliphatic heterocycles. The van der Waals surface area contributed by atoms with E-state index in [1.807, 2.05) is 27.7 Å². The van der Waals surface area contributed by atoms with Crippen molar-refractivity contribution < 1.29 is 18.0 Å². The summed E-state index contributed by atoms with van der Waals surface area (Å²) in [6, 6.07) is 4.81. The number of carbonyl (C=O) groups excluding carboxylic acids is 1. The summed E-state index contributed by atoms with van der Waals surface area (Å²) in [6.45, 7) is 8.00. The van der Waals surface area contributed by atoms with Crippen LogP contribution in [0.1, 0.15) is 42.9 Å². The maximum Gasteiger partial charge on any atom is 0.416 e. The number of alkyl halides is 3. The highest BCUT2D eigenvalue weighted by Gasteiger charge is 2.30. The van der Waals surface area contributed by atoms with E-state index in [9.17, 15) is 18.0 Å². The Bertz CT molecular complexity index is 561. The van der Waals surface area contributed by atoms with Gasteiger partial charge in [0.05, 0.1) is 10.4 Å². The smallest absolute Gasteiger partial charge is 0.275 e. The molecule has 0 spiro atoms. The van der Waals surface area contributed by atoms with Crippen LogP contribution >= 0.6 is 22.9 Å². The molecule has 6 heteroatoms. The number of carbonyl (C=O) groups is 1. The summed E-state index contributed by atoms with van der Waals surface area (Å²) in [6.07, 6.45) is -4.37. The van der Waals surface area contributed by atoms with E-state index in [4.69, 9.17) is 11.6 Å². The Balaban J connectivity index is 0.000000829. The number of hydrogen-bond acceptors (Lipinski definition) is 2. The summed E-state index contributed by atoms with van der Waals surface area (Å²) in [7, 11) is 0. The van der Waals surface area contributed by atoms with Gasteiger partial charge in [0.25, 0.3) is 5.24 Å². The van der Waals surface area contributed by atoms with Crippen LogP contribution in [0.5, 0.6) is 0 Å². The first-order valence-corrected chi connectivity index (χ1v) is 7.38. The molecule has 1 nitrogen and oxygen atoms in total. The molecule has 2 aromatic rings. The molecule has 0 saturated heterocycles. The monoisotopic (exact) mass is 324 g/mol. The van der Waals surface area contributed by atoms with Crippen molar-refractivity contribution in [3.05, 3.63) is 34.7 Å². The third-order valence-electron chi connectivity index (χ3n) is 2.04. The van der Waals surface area contributed by atoms with Gasteiger partial charge in [-0.15, -0.1) is 11.3 Å². The molecule has 1 heterocycles. The van der Waals surface area contributed by atoms with E-state index in [0.29, 0.717) is 10.1 Å². The highest BCUT2D eigenvalue weighted by atomic mass is 35.5. The minimum atomic E-state index is -4.37. The fourth-order valence-corrected chi connectivity index (χ4v) is 2.41. The molecule has 0 N–H and O–H groups in total. The van der Waals surface area contributed by atoms with Gasteiger partial charge >= 0.3 is 6.18 Å². The summed E-state index contributed by atoms with van der Waals surface area (Å²) < 4.78 is 37.6. The van der Waals surface area contributed by atoms with Gasteiger partial charge in [-0.25, -0.2) is 0 Å². The SMILES string of the molecule is CC.CC.O=C(Cl)c1cc2ccc(C(F)(F)F)cc2s1. The highest BCUT2D eigenvalue weighted by molar-refractivity contribution is 7.22. The molecule has 1 aromatic heterocycles. The summed E-state index contributed by atoms with van der Waals surface area (Å²) >= 11 is 6.21. The van der Waals surface area contributed by atoms with Gasteiger partial charge in [-0.2, -0.15) is 13.2 Å². The van der Waals surface area contributed by atoms with Crippen LogP contribution in [0.3, 0.4) is 0 Å². The van der Waals surface area contributed by atoms with Crippen molar-refractivity contribution in [3.8, 4) is 0 Å². The molecule has 0 bridgehead atoms. The second-order valence-electron chi connectivity index (χ2n) is 3.13. The number of thiophene rings is 1. The molecule has 20 heavy (non-hydrogen) atoms. The Hall–Kier alpha value is -1.07. The third kappa shape index (κ3) is 4.80. The molecule has 0 unspecified atom stereocenters. The van der Waals surface area contributed by atoms with Crippen molar-refractivity contribution >= 4 is 38.3 Å². The highest BCUT2D eigenvalue weighted by Crippen LogP contribution is 2.34. The molecular weight excluding hydrogens is 309 g/mol. The maximum absolute atomic E-state index is 12.4. The number of fused-ring (bicyclic) bond motifs is 1. The number of rotatable bonds is 1. The number of benzene rings is 1. The van der Waals surface area contributed by atoms with E-state index < -0.39 is 17.0 Å². The lowest BCUT2D eigenvalue weighted by Crippen LogP contribution is -2.03. The fraction of sp³-hybridized carbons (Fsp3) is 0.357. The summed E-state index contributed by atoms with van der Waals surface area (Å²) in [5.74, 6) is 0. The predicted molar refractivity (Wildman–Crippen MR) is 79.7 cm³/mol. The Morgan fingerprint density at radius 2 is 1.65 bits per heavy atom. The summed E-state index contributed by atoms with van der Waals surface area (Å²) in [4.78, 5) is 11.1. The minimum Gasteiger partial charge on any atom is -0.275 e. The van der Waals surface area contributed by atoms with Gasteiger partial charge in [-0.05, 0) is 35.2 Å². The molecule has 0 saturated carbocycles. The lowest BCUT2D eigenvalue weighted by molar-refractivity contribution is -0.137. The molecule has 0 aliphatic rings. The first-order chi connectivity index (χ1) is 9.38. The van der Waals surface area contributed by atoms with Crippen molar-refractivity contribution in [1.82, 2.24) is 0 Å². The Labute approximate surface area is 125 Å². The van der Waals surface area contributed by atoms with Crippen molar-refractivity contribution in [1.29, 1.82) is 0 Å². The molecule has 112 valence electrons. The van der Waals surface area contributed by atoms with Crippen molar-refractivity contribution in [2.45, 2.75) is 33.9 Å². The number of hydrogen-bond donors (Lipinski definition) is 0. The lowest BCUT2D eigenvalue weighted by Gasteiger charge is -2.05. The van der Waals surface area contributed by atoms with Crippen LogP contribution in [0.2, 0.25) is 0 Å². The predicted octanol–water partition coefficient (Wildman–Crippen LogP) is 6.35. The van der Waals surface area contributed by atoms with Gasteiger partial charge in [0.2, 0.25) is 0 Å². The summed E-state index contributed by atoms with van der Waals surface area (Å²) in [5.41, 5.74) is -0.726. The fourth-order valence-electron chi connectivity index (χ4n) is 1.30. The van der Waals surface area contributed by atoms with Gasteiger partial charge < -0.3 is 0 Å². The van der Waals surface area contributed by atoms with Gasteiger partial charge in [-0.1, -0.05) is 33.8 Å². The molecule has 0 fully saturated rings. The molecule has 1 aromatic carbocycles. The largest absolute Gasteiger partial charge is 0.416 e. The van der Waals surface area contributed by atoms with Crippen LogP contribution < -0.4 is 0 Å². The molecular formula is C14H16ClF3OS. The van der Waals surface area contributed by atoms with Crippen molar-refractivity contribution in [2.75, 3.05) is 0 Å². The standard InChI is InChI=1S/C10H4ClF3OS.2C2H6/c11-9(15)8-3-5-1-2-6(10(12,13)14)4-7(5)16-8;2*1-2/h1-4H;2*1-2H3. The Kier molecular flexibility index (Phi) is 7.83. The molecule has 0 radical (unpaired) electrons. The molecule has 0 amide bonds. The van der Waals surface area contributed by atoms with Gasteiger partial charge in [-0.3, -0.25) is 4.79 Å². The lowest BCUT2D eigenvalue weighted by atomic mass is 10.2. The van der Waals surface area contributed by atoms with E-state index >= 15 is 0 Å². The molecule has 2 rings (SSSR count). The zero-order valence-corrected chi connectivity index (χ0v) is 13.2. The van der Waals surface area contributed by atoms with E-state index in [2.05, 4.69) is 0 Å². The Morgan fingerprint density at radius 1 is 1.10 bits per heavy atom. The van der Waals surface area contributed by atoms with Crippen LogP contribution in [0.15, 0.2) is 24.3 Å². The average Bonchev–Trinajstić information content (AvgIpc) is 2.85. The second-order valence-corrected chi connectivity index (χ2v) is 4.56. The van der Waals surface area contributed by atoms with Crippen LogP contribution in [-0.2, 0) is 6.18 Å².